The Hall–Kier alpha value is -2.05. The van der Waals surface area contributed by atoms with Crippen molar-refractivity contribution in [2.75, 3.05) is 0 Å². The molecule has 0 aliphatic heterocycles. The maximum absolute atomic E-state index is 13.3. The maximum Gasteiger partial charge on any atom is 0.241 e. The quantitative estimate of drug-likeness (QED) is 0.746. The molecule has 170 valence electrons. The highest BCUT2D eigenvalue weighted by atomic mass is 32.2. The first-order chi connectivity index (χ1) is 15.0. The molecule has 5 nitrogen and oxygen atoms in total. The van der Waals surface area contributed by atoms with Gasteiger partial charge in [-0.15, -0.1) is 0 Å². The minimum absolute atomic E-state index is 0.0906. The highest BCUT2D eigenvalue weighted by Gasteiger charge is 2.60. The van der Waals surface area contributed by atoms with E-state index >= 15 is 0 Å². The van der Waals surface area contributed by atoms with Crippen LogP contribution in [-0.4, -0.2) is 26.0 Å². The van der Waals surface area contributed by atoms with E-state index in [0.717, 1.165) is 30.4 Å². The molecule has 0 saturated heterocycles. The molecular weight excluding hydrogens is 422 g/mol. The van der Waals surface area contributed by atoms with E-state index < -0.39 is 16.1 Å². The van der Waals surface area contributed by atoms with Gasteiger partial charge in [-0.05, 0) is 80.2 Å². The summed E-state index contributed by atoms with van der Waals surface area (Å²) in [5, 5.41) is 0. The van der Waals surface area contributed by atoms with E-state index in [-0.39, 0.29) is 33.3 Å². The number of aryl methyl sites for hydroxylation is 1. The summed E-state index contributed by atoms with van der Waals surface area (Å²) >= 11 is 0. The molecule has 1 N–H and O–H groups in total. The Morgan fingerprint density at radius 2 is 1.75 bits per heavy atom. The molecule has 0 radical (unpaired) electrons. The smallest absolute Gasteiger partial charge is 0.241 e. The lowest BCUT2D eigenvalue weighted by atomic mass is 9.47. The van der Waals surface area contributed by atoms with Gasteiger partial charge in [-0.3, -0.25) is 9.59 Å². The summed E-state index contributed by atoms with van der Waals surface area (Å²) in [5.41, 5.74) is 1.18. The second kappa shape index (κ2) is 7.22. The van der Waals surface area contributed by atoms with Gasteiger partial charge in [0.05, 0.1) is 4.90 Å². The molecule has 0 aromatic heterocycles. The van der Waals surface area contributed by atoms with E-state index in [9.17, 15) is 18.0 Å². The summed E-state index contributed by atoms with van der Waals surface area (Å²) in [7, 11) is -3.75. The molecule has 1 aromatic rings. The molecule has 4 aliphatic carbocycles. The Kier molecular flexibility index (Phi) is 4.92. The lowest BCUT2D eigenvalue weighted by molar-refractivity contribution is -0.131. The number of hydrogen-bond donors (Lipinski definition) is 1. The van der Waals surface area contributed by atoms with Crippen molar-refractivity contribution in [1.82, 2.24) is 4.72 Å². The lowest BCUT2D eigenvalue weighted by Gasteiger charge is -2.57. The first-order valence-corrected chi connectivity index (χ1v) is 13.1. The molecule has 6 atom stereocenters. The van der Waals surface area contributed by atoms with Crippen molar-refractivity contribution < 1.29 is 18.0 Å². The van der Waals surface area contributed by atoms with Gasteiger partial charge < -0.3 is 0 Å². The molecule has 3 saturated carbocycles. The zero-order valence-corrected chi connectivity index (χ0v) is 19.7. The number of carbonyl (C=O) groups is 2. The number of hydrogen-bond acceptors (Lipinski definition) is 4. The van der Waals surface area contributed by atoms with Crippen LogP contribution in [0.15, 0.2) is 53.0 Å². The number of ketones is 2. The minimum Gasteiger partial charge on any atom is -0.299 e. The van der Waals surface area contributed by atoms with E-state index in [1.165, 1.54) is 0 Å². The predicted molar refractivity (Wildman–Crippen MR) is 122 cm³/mol. The van der Waals surface area contributed by atoms with E-state index in [1.54, 1.807) is 36.4 Å². The highest BCUT2D eigenvalue weighted by molar-refractivity contribution is 7.89. The number of fused-ring (bicyclic) bond motifs is 5. The molecule has 32 heavy (non-hydrogen) atoms. The largest absolute Gasteiger partial charge is 0.299 e. The van der Waals surface area contributed by atoms with Crippen LogP contribution in [0.1, 0.15) is 51.5 Å². The Bertz CT molecular complexity index is 1150. The first kappa shape index (κ1) is 21.8. The molecule has 3 fully saturated rings. The molecule has 0 spiro atoms. The third kappa shape index (κ3) is 3.18. The van der Waals surface area contributed by atoms with Gasteiger partial charge in [-0.25, -0.2) is 13.1 Å². The number of benzene rings is 1. The average Bonchev–Trinajstić information content (AvgIpc) is 3.04. The fraction of sp³-hybridized carbons (Fsp3) is 0.538. The molecule has 0 unspecified atom stereocenters. The maximum atomic E-state index is 13.3. The van der Waals surface area contributed by atoms with Crippen molar-refractivity contribution in [1.29, 1.82) is 0 Å². The summed E-state index contributed by atoms with van der Waals surface area (Å²) in [6.07, 6.45) is 9.20. The van der Waals surface area contributed by atoms with Crippen LogP contribution in [-0.2, 0) is 19.6 Å². The second-order valence-corrected chi connectivity index (χ2v) is 12.3. The van der Waals surface area contributed by atoms with E-state index in [4.69, 9.17) is 0 Å². The molecule has 0 heterocycles. The van der Waals surface area contributed by atoms with Crippen LogP contribution < -0.4 is 4.72 Å². The van der Waals surface area contributed by atoms with Crippen LogP contribution in [0.25, 0.3) is 0 Å². The molecule has 6 heteroatoms. The topological polar surface area (TPSA) is 80.3 Å². The summed E-state index contributed by atoms with van der Waals surface area (Å²) in [6.45, 7) is 6.18. The summed E-state index contributed by atoms with van der Waals surface area (Å²) in [5.74, 6) is 1.09. The number of carbonyl (C=O) groups excluding carboxylic acids is 2. The van der Waals surface area contributed by atoms with Crippen LogP contribution in [0.4, 0.5) is 0 Å². The molecule has 5 rings (SSSR count). The van der Waals surface area contributed by atoms with Crippen LogP contribution in [0.5, 0.6) is 0 Å². The number of nitrogens with one attached hydrogen (secondary N) is 1. The summed E-state index contributed by atoms with van der Waals surface area (Å²) < 4.78 is 29.5. The third-order valence-electron chi connectivity index (χ3n) is 8.94. The van der Waals surface area contributed by atoms with Crippen molar-refractivity contribution in [3.63, 3.8) is 0 Å². The number of allylic oxidation sites excluding steroid dienone is 3. The fourth-order valence-electron chi connectivity index (χ4n) is 7.14. The number of sulfonamides is 1. The van der Waals surface area contributed by atoms with Crippen molar-refractivity contribution in [3.05, 3.63) is 53.6 Å². The zero-order valence-electron chi connectivity index (χ0n) is 18.9. The van der Waals surface area contributed by atoms with Gasteiger partial charge in [-0.2, -0.15) is 0 Å². The van der Waals surface area contributed by atoms with Gasteiger partial charge in [-0.1, -0.05) is 37.6 Å². The van der Waals surface area contributed by atoms with E-state index in [1.807, 2.05) is 13.0 Å². The fourth-order valence-corrected chi connectivity index (χ4v) is 8.37. The second-order valence-electron chi connectivity index (χ2n) is 10.6. The van der Waals surface area contributed by atoms with Crippen molar-refractivity contribution in [2.45, 2.75) is 63.8 Å². The molecule has 0 bridgehead atoms. The first-order valence-electron chi connectivity index (χ1n) is 11.6. The molecule has 4 aliphatic rings. The van der Waals surface area contributed by atoms with Crippen LogP contribution >= 0.6 is 0 Å². The standard InChI is InChI=1S/C26H31NO4S/c1-16-4-6-18(7-5-16)32(30,31)27-23-15-19-20-8-9-24(29)26(20,3)13-11-21(19)25(2)12-10-17(28)14-22(23)25/h4-7,10,12,14,19-21,23,27H,8-9,11,13,15H2,1-3H3/t19-,20-,21-,23+,25+,26-/m0/s1. The summed E-state index contributed by atoms with van der Waals surface area (Å²) in [6, 6.07) is 6.36. The summed E-state index contributed by atoms with van der Waals surface area (Å²) in [4.78, 5) is 25.3. The minimum atomic E-state index is -3.75. The Morgan fingerprint density at radius 3 is 2.47 bits per heavy atom. The predicted octanol–water partition coefficient (Wildman–Crippen LogP) is 4.13. The molecule has 1 aromatic carbocycles. The SMILES string of the molecule is Cc1ccc(S(=O)(=O)N[C@@H]2C[C@@H]3[C@H](CC[C@]4(C)C(=O)CC[C@@H]34)[C@@]3(C)C=CC(=O)C=C23)cc1. The van der Waals surface area contributed by atoms with Gasteiger partial charge >= 0.3 is 0 Å². The van der Waals surface area contributed by atoms with Gasteiger partial charge in [0.15, 0.2) is 5.78 Å². The van der Waals surface area contributed by atoms with Crippen LogP contribution in [0, 0.1) is 35.5 Å². The van der Waals surface area contributed by atoms with Crippen LogP contribution in [0.2, 0.25) is 0 Å². The van der Waals surface area contributed by atoms with Gasteiger partial charge in [0.25, 0.3) is 0 Å². The Morgan fingerprint density at radius 1 is 1.03 bits per heavy atom. The van der Waals surface area contributed by atoms with Gasteiger partial charge in [0, 0.05) is 23.3 Å². The monoisotopic (exact) mass is 453 g/mol. The Balaban J connectivity index is 1.54. The van der Waals surface area contributed by atoms with Crippen molar-refractivity contribution in [3.8, 4) is 0 Å². The number of rotatable bonds is 3. The Labute approximate surface area is 190 Å². The van der Waals surface area contributed by atoms with Crippen LogP contribution in [0.3, 0.4) is 0 Å². The zero-order chi connectivity index (χ0) is 22.9. The van der Waals surface area contributed by atoms with E-state index in [0.29, 0.717) is 24.5 Å². The van der Waals surface area contributed by atoms with Crippen molar-refractivity contribution >= 4 is 21.6 Å². The van der Waals surface area contributed by atoms with Crippen molar-refractivity contribution in [2.24, 2.45) is 28.6 Å². The van der Waals surface area contributed by atoms with Gasteiger partial charge in [0.1, 0.15) is 5.78 Å². The van der Waals surface area contributed by atoms with Gasteiger partial charge in [0.2, 0.25) is 10.0 Å². The number of Topliss-reactive ketones (excluding diaryl/α,β-unsaturated/α-hetero) is 1. The lowest BCUT2D eigenvalue weighted by Crippen LogP contribution is -2.56. The molecule has 0 amide bonds. The normalized spacial score (nSPS) is 38.7. The van der Waals surface area contributed by atoms with E-state index in [2.05, 4.69) is 18.6 Å². The third-order valence-corrected chi connectivity index (χ3v) is 10.4. The average molecular weight is 454 g/mol. The highest BCUT2D eigenvalue weighted by Crippen LogP contribution is 2.63. The molecular formula is C26H31NO4S.